The Hall–Kier alpha value is -2.54. The molecule has 32 heavy (non-hydrogen) atoms. The fraction of sp³-hybridized carbons (Fsp3) is 0.542. The minimum atomic E-state index is -0.603. The first-order chi connectivity index (χ1) is 15.0. The largest absolute Gasteiger partial charge is 0.468 e. The predicted octanol–water partition coefficient (Wildman–Crippen LogP) is 4.80. The second kappa shape index (κ2) is 7.80. The average molecular weight is 460 g/mol. The van der Waals surface area contributed by atoms with Gasteiger partial charge in [-0.25, -0.2) is 4.79 Å². The molecule has 1 aromatic carbocycles. The lowest BCUT2D eigenvalue weighted by molar-refractivity contribution is -0.143. The number of esters is 1. The molecule has 1 aliphatic carbocycles. The summed E-state index contributed by atoms with van der Waals surface area (Å²) in [6.45, 7) is 8.10. The van der Waals surface area contributed by atoms with E-state index in [0.29, 0.717) is 18.0 Å². The van der Waals surface area contributed by atoms with Gasteiger partial charge in [0.1, 0.15) is 5.60 Å². The van der Waals surface area contributed by atoms with Crippen LogP contribution in [0.15, 0.2) is 18.2 Å². The van der Waals surface area contributed by atoms with E-state index in [-0.39, 0.29) is 18.1 Å². The van der Waals surface area contributed by atoms with Gasteiger partial charge in [-0.05, 0) is 70.7 Å². The molecule has 0 bridgehead atoms. The molecule has 1 atom stereocenters. The van der Waals surface area contributed by atoms with Gasteiger partial charge in [0.05, 0.1) is 30.0 Å². The number of rotatable bonds is 3. The Labute approximate surface area is 193 Å². The first-order valence-corrected chi connectivity index (χ1v) is 11.3. The van der Waals surface area contributed by atoms with E-state index in [2.05, 4.69) is 0 Å². The Kier molecular flexibility index (Phi) is 5.52. The van der Waals surface area contributed by atoms with Gasteiger partial charge in [0, 0.05) is 29.7 Å². The molecule has 0 saturated heterocycles. The number of carbonyl (C=O) groups excluding carboxylic acids is 2. The summed E-state index contributed by atoms with van der Waals surface area (Å²) >= 11 is 6.49. The van der Waals surface area contributed by atoms with Crippen molar-refractivity contribution >= 4 is 23.7 Å². The normalized spacial score (nSPS) is 19.3. The molecule has 1 aromatic heterocycles. The number of benzene rings is 1. The predicted molar refractivity (Wildman–Crippen MR) is 122 cm³/mol. The number of ether oxygens (including phenoxy) is 2. The molecular weight excluding hydrogens is 430 g/mol. The van der Waals surface area contributed by atoms with Gasteiger partial charge in [-0.1, -0.05) is 11.6 Å². The second-order valence-electron chi connectivity index (χ2n) is 9.74. The standard InChI is InChI=1S/C24H30ClN3O4/c1-14-19-18(7-10-28(14)22(30)32-23(2,3)4)20(27(5)26-19)15-11-16(13-17(25)12-15)24(8-9-24)21(29)31-6/h11-14H,7-10H2,1-6H3. The van der Waals surface area contributed by atoms with Gasteiger partial charge in [-0.2, -0.15) is 5.10 Å². The van der Waals surface area contributed by atoms with E-state index in [1.807, 2.05) is 57.6 Å². The van der Waals surface area contributed by atoms with Crippen molar-refractivity contribution in [2.45, 2.75) is 64.0 Å². The van der Waals surface area contributed by atoms with E-state index >= 15 is 0 Å². The Morgan fingerprint density at radius 2 is 1.91 bits per heavy atom. The van der Waals surface area contributed by atoms with Crippen molar-refractivity contribution < 1.29 is 19.1 Å². The second-order valence-corrected chi connectivity index (χ2v) is 10.2. The summed E-state index contributed by atoms with van der Waals surface area (Å²) in [4.78, 5) is 26.8. The number of aromatic nitrogens is 2. The van der Waals surface area contributed by atoms with Crippen molar-refractivity contribution in [2.24, 2.45) is 7.05 Å². The number of methoxy groups -OCH3 is 1. The van der Waals surface area contributed by atoms with Crippen molar-refractivity contribution in [2.75, 3.05) is 13.7 Å². The molecule has 1 amide bonds. The lowest BCUT2D eigenvalue weighted by atomic mass is 9.91. The summed E-state index contributed by atoms with van der Waals surface area (Å²) in [5.41, 5.74) is 3.54. The van der Waals surface area contributed by atoms with Gasteiger partial charge < -0.3 is 9.47 Å². The van der Waals surface area contributed by atoms with E-state index in [9.17, 15) is 9.59 Å². The van der Waals surface area contributed by atoms with Crippen LogP contribution in [-0.2, 0) is 33.2 Å². The van der Waals surface area contributed by atoms with E-state index < -0.39 is 11.0 Å². The smallest absolute Gasteiger partial charge is 0.410 e. The van der Waals surface area contributed by atoms with Crippen LogP contribution in [0.25, 0.3) is 11.3 Å². The lowest BCUT2D eigenvalue weighted by Crippen LogP contribution is -2.42. The highest BCUT2D eigenvalue weighted by Crippen LogP contribution is 2.50. The fourth-order valence-electron chi connectivity index (χ4n) is 4.61. The van der Waals surface area contributed by atoms with Crippen molar-refractivity contribution in [3.63, 3.8) is 0 Å². The molecule has 1 unspecified atom stereocenters. The van der Waals surface area contributed by atoms with Crippen LogP contribution in [0.3, 0.4) is 0 Å². The topological polar surface area (TPSA) is 73.7 Å². The minimum Gasteiger partial charge on any atom is -0.468 e. The van der Waals surface area contributed by atoms with E-state index in [1.165, 1.54) is 7.11 Å². The van der Waals surface area contributed by atoms with Crippen LogP contribution in [0.4, 0.5) is 4.79 Å². The maximum absolute atomic E-state index is 12.7. The molecule has 1 fully saturated rings. The Bertz CT molecular complexity index is 1080. The molecule has 172 valence electrons. The van der Waals surface area contributed by atoms with Gasteiger partial charge in [0.2, 0.25) is 0 Å². The van der Waals surface area contributed by atoms with Gasteiger partial charge in [0.25, 0.3) is 0 Å². The molecule has 0 spiro atoms. The zero-order chi connectivity index (χ0) is 23.4. The van der Waals surface area contributed by atoms with Crippen molar-refractivity contribution in [3.8, 4) is 11.3 Å². The molecule has 2 heterocycles. The molecule has 8 heteroatoms. The first-order valence-electron chi connectivity index (χ1n) is 10.9. The zero-order valence-electron chi connectivity index (χ0n) is 19.5. The number of halogens is 1. The number of aryl methyl sites for hydroxylation is 1. The van der Waals surface area contributed by atoms with Gasteiger partial charge in [-0.15, -0.1) is 0 Å². The molecule has 2 aliphatic rings. The van der Waals surface area contributed by atoms with Crippen LogP contribution in [0.5, 0.6) is 0 Å². The lowest BCUT2D eigenvalue weighted by Gasteiger charge is -2.34. The van der Waals surface area contributed by atoms with E-state index in [4.69, 9.17) is 26.2 Å². The summed E-state index contributed by atoms with van der Waals surface area (Å²) < 4.78 is 12.5. The van der Waals surface area contributed by atoms with Crippen molar-refractivity contribution in [3.05, 3.63) is 40.0 Å². The average Bonchev–Trinajstić information content (AvgIpc) is 3.43. The number of amides is 1. The third kappa shape index (κ3) is 3.87. The van der Waals surface area contributed by atoms with Crippen LogP contribution in [-0.4, -0.2) is 46.0 Å². The monoisotopic (exact) mass is 459 g/mol. The summed E-state index contributed by atoms with van der Waals surface area (Å²) in [5, 5.41) is 5.33. The maximum atomic E-state index is 12.7. The van der Waals surface area contributed by atoms with Gasteiger partial charge >= 0.3 is 12.1 Å². The van der Waals surface area contributed by atoms with Gasteiger partial charge in [-0.3, -0.25) is 14.4 Å². The molecular formula is C24H30ClN3O4. The van der Waals surface area contributed by atoms with Crippen molar-refractivity contribution in [1.82, 2.24) is 14.7 Å². The molecule has 0 N–H and O–H groups in total. The summed E-state index contributed by atoms with van der Waals surface area (Å²) in [7, 11) is 3.31. The zero-order valence-corrected chi connectivity index (χ0v) is 20.2. The fourth-order valence-corrected chi connectivity index (χ4v) is 4.84. The summed E-state index contributed by atoms with van der Waals surface area (Å²) in [6, 6.07) is 5.57. The third-order valence-electron chi connectivity index (χ3n) is 6.32. The van der Waals surface area contributed by atoms with E-state index in [1.54, 1.807) is 4.90 Å². The Balaban J connectivity index is 1.71. The van der Waals surface area contributed by atoms with Crippen LogP contribution >= 0.6 is 11.6 Å². The van der Waals surface area contributed by atoms with Crippen LogP contribution in [0.1, 0.15) is 63.4 Å². The summed E-state index contributed by atoms with van der Waals surface area (Å²) in [6.07, 6.45) is 1.84. The number of carbonyl (C=O) groups is 2. The SMILES string of the molecule is COC(=O)C1(c2cc(Cl)cc(-c3c4c(nn3C)C(C)N(C(=O)OC(C)(C)C)CC4)c2)CC1. The van der Waals surface area contributed by atoms with Gasteiger partial charge in [0.15, 0.2) is 0 Å². The maximum Gasteiger partial charge on any atom is 0.410 e. The number of hydrogen-bond donors (Lipinski definition) is 0. The minimum absolute atomic E-state index is 0.211. The highest BCUT2D eigenvalue weighted by molar-refractivity contribution is 6.31. The number of nitrogens with zero attached hydrogens (tertiary/aromatic N) is 3. The van der Waals surface area contributed by atoms with Crippen LogP contribution in [0.2, 0.25) is 5.02 Å². The van der Waals surface area contributed by atoms with Crippen LogP contribution in [0, 0.1) is 0 Å². The van der Waals surface area contributed by atoms with E-state index in [0.717, 1.165) is 40.9 Å². The number of fused-ring (bicyclic) bond motifs is 1. The third-order valence-corrected chi connectivity index (χ3v) is 6.54. The Morgan fingerprint density at radius 3 is 2.50 bits per heavy atom. The Morgan fingerprint density at radius 1 is 1.22 bits per heavy atom. The highest BCUT2D eigenvalue weighted by Gasteiger charge is 2.52. The molecule has 1 saturated carbocycles. The van der Waals surface area contributed by atoms with Crippen molar-refractivity contribution in [1.29, 1.82) is 0 Å². The van der Waals surface area contributed by atoms with Crippen LogP contribution < -0.4 is 0 Å². The molecule has 2 aromatic rings. The quantitative estimate of drug-likeness (QED) is 0.616. The molecule has 1 aliphatic heterocycles. The molecule has 4 rings (SSSR count). The highest BCUT2D eigenvalue weighted by atomic mass is 35.5. The number of hydrogen-bond acceptors (Lipinski definition) is 5. The first kappa shape index (κ1) is 22.6. The molecule has 0 radical (unpaired) electrons. The summed E-state index contributed by atoms with van der Waals surface area (Å²) in [5.74, 6) is -0.223. The molecule has 7 nitrogen and oxygen atoms in total.